The van der Waals surface area contributed by atoms with Crippen molar-refractivity contribution < 1.29 is 14.3 Å². The maximum atomic E-state index is 12.5. The van der Waals surface area contributed by atoms with Gasteiger partial charge >= 0.3 is 6.03 Å². The van der Waals surface area contributed by atoms with E-state index in [0.29, 0.717) is 24.8 Å². The van der Waals surface area contributed by atoms with Gasteiger partial charge in [-0.3, -0.25) is 0 Å². The highest BCUT2D eigenvalue weighted by Gasteiger charge is 2.26. The van der Waals surface area contributed by atoms with E-state index in [1.165, 1.54) is 7.11 Å². The molecular weight excluding hydrogens is 320 g/mol. The standard InChI is InChI=1S/C18H22N4O3/c1-13-6-3-4-8-15(13)21-18(23)22-11-5-7-14(12-22)25-17-16(24-2)19-9-10-20-17/h3-4,6,8-10,14H,5,7,11-12H2,1-2H3,(H,21,23). The number of amides is 2. The summed E-state index contributed by atoms with van der Waals surface area (Å²) >= 11 is 0. The number of ether oxygens (including phenoxy) is 2. The van der Waals surface area contributed by atoms with Gasteiger partial charge in [0.25, 0.3) is 11.8 Å². The molecule has 0 bridgehead atoms. The third-order valence-corrected chi connectivity index (χ3v) is 4.16. The highest BCUT2D eigenvalue weighted by Crippen LogP contribution is 2.24. The molecule has 1 fully saturated rings. The second-order valence-corrected chi connectivity index (χ2v) is 5.94. The van der Waals surface area contributed by atoms with Crippen molar-refractivity contribution in [2.75, 3.05) is 25.5 Å². The largest absolute Gasteiger partial charge is 0.477 e. The summed E-state index contributed by atoms with van der Waals surface area (Å²) in [5, 5.41) is 2.97. The first kappa shape index (κ1) is 17.0. The van der Waals surface area contributed by atoms with E-state index in [1.54, 1.807) is 17.3 Å². The number of urea groups is 1. The van der Waals surface area contributed by atoms with Gasteiger partial charge in [0.15, 0.2) is 0 Å². The second kappa shape index (κ2) is 7.83. The van der Waals surface area contributed by atoms with Crippen molar-refractivity contribution >= 4 is 11.7 Å². The van der Waals surface area contributed by atoms with E-state index >= 15 is 0 Å². The Labute approximate surface area is 147 Å². The summed E-state index contributed by atoms with van der Waals surface area (Å²) in [6, 6.07) is 7.61. The normalized spacial score (nSPS) is 17.0. The Morgan fingerprint density at radius 3 is 2.76 bits per heavy atom. The Kier molecular flexibility index (Phi) is 5.33. The molecule has 0 saturated carbocycles. The molecule has 2 amide bonds. The fourth-order valence-electron chi connectivity index (χ4n) is 2.82. The van der Waals surface area contributed by atoms with Gasteiger partial charge < -0.3 is 19.7 Å². The van der Waals surface area contributed by atoms with Crippen LogP contribution in [0.25, 0.3) is 0 Å². The van der Waals surface area contributed by atoms with Gasteiger partial charge in [-0.1, -0.05) is 18.2 Å². The lowest BCUT2D eigenvalue weighted by atomic mass is 10.1. The topological polar surface area (TPSA) is 76.6 Å². The summed E-state index contributed by atoms with van der Waals surface area (Å²) in [6.45, 7) is 3.17. The van der Waals surface area contributed by atoms with Crippen LogP contribution in [0, 0.1) is 6.92 Å². The Hall–Kier alpha value is -2.83. The van der Waals surface area contributed by atoms with E-state index in [0.717, 1.165) is 24.1 Å². The van der Waals surface area contributed by atoms with Crippen LogP contribution in [0.1, 0.15) is 18.4 Å². The number of para-hydroxylation sites is 1. The molecule has 0 aliphatic carbocycles. The van der Waals surface area contributed by atoms with E-state index in [9.17, 15) is 4.79 Å². The van der Waals surface area contributed by atoms with E-state index < -0.39 is 0 Å². The molecule has 2 heterocycles. The number of rotatable bonds is 4. The number of carbonyl (C=O) groups is 1. The molecule has 1 saturated heterocycles. The van der Waals surface area contributed by atoms with E-state index in [4.69, 9.17) is 9.47 Å². The molecule has 1 aromatic heterocycles. The number of likely N-dealkylation sites (tertiary alicyclic amines) is 1. The van der Waals surface area contributed by atoms with Crippen molar-refractivity contribution in [1.82, 2.24) is 14.9 Å². The zero-order chi connectivity index (χ0) is 17.6. The van der Waals surface area contributed by atoms with Crippen LogP contribution < -0.4 is 14.8 Å². The average molecular weight is 342 g/mol. The summed E-state index contributed by atoms with van der Waals surface area (Å²) in [5.41, 5.74) is 1.86. The van der Waals surface area contributed by atoms with Crippen LogP contribution in [-0.4, -0.2) is 47.2 Å². The maximum absolute atomic E-state index is 12.5. The van der Waals surface area contributed by atoms with E-state index in [2.05, 4.69) is 15.3 Å². The number of aromatic nitrogens is 2. The first-order valence-corrected chi connectivity index (χ1v) is 8.30. The summed E-state index contributed by atoms with van der Waals surface area (Å²) in [4.78, 5) is 22.6. The highest BCUT2D eigenvalue weighted by atomic mass is 16.5. The van der Waals surface area contributed by atoms with E-state index in [1.807, 2.05) is 31.2 Å². The zero-order valence-corrected chi connectivity index (χ0v) is 14.4. The highest BCUT2D eigenvalue weighted by molar-refractivity contribution is 5.90. The van der Waals surface area contributed by atoms with Gasteiger partial charge in [0, 0.05) is 24.6 Å². The monoisotopic (exact) mass is 342 g/mol. The molecule has 0 radical (unpaired) electrons. The average Bonchev–Trinajstić information content (AvgIpc) is 2.64. The number of nitrogens with zero attached hydrogens (tertiary/aromatic N) is 3. The third kappa shape index (κ3) is 4.17. The number of piperidine rings is 1. The lowest BCUT2D eigenvalue weighted by Gasteiger charge is -2.32. The summed E-state index contributed by atoms with van der Waals surface area (Å²) < 4.78 is 11.1. The number of nitrogens with one attached hydrogen (secondary N) is 1. The molecule has 1 atom stereocenters. The van der Waals surface area contributed by atoms with Crippen LogP contribution in [0.2, 0.25) is 0 Å². The van der Waals surface area contributed by atoms with Crippen LogP contribution in [0.5, 0.6) is 11.8 Å². The van der Waals surface area contributed by atoms with Crippen LogP contribution in [0.3, 0.4) is 0 Å². The predicted molar refractivity (Wildman–Crippen MR) is 94.0 cm³/mol. The first-order chi connectivity index (χ1) is 12.2. The molecule has 132 valence electrons. The maximum Gasteiger partial charge on any atom is 0.321 e. The molecule has 1 aromatic carbocycles. The minimum absolute atomic E-state index is 0.117. The predicted octanol–water partition coefficient (Wildman–Crippen LogP) is 2.87. The van der Waals surface area contributed by atoms with Crippen LogP contribution in [0.4, 0.5) is 10.5 Å². The molecule has 7 heteroatoms. The van der Waals surface area contributed by atoms with Gasteiger partial charge in [0.1, 0.15) is 6.10 Å². The molecule has 7 nitrogen and oxygen atoms in total. The van der Waals surface area contributed by atoms with Crippen molar-refractivity contribution in [2.24, 2.45) is 0 Å². The molecule has 2 aromatic rings. The minimum atomic E-state index is -0.137. The Bertz CT molecular complexity index is 738. The Morgan fingerprint density at radius 2 is 2.00 bits per heavy atom. The number of hydrogen-bond donors (Lipinski definition) is 1. The first-order valence-electron chi connectivity index (χ1n) is 8.30. The molecule has 1 N–H and O–H groups in total. The van der Waals surface area contributed by atoms with Crippen LogP contribution >= 0.6 is 0 Å². The number of methoxy groups -OCH3 is 1. The number of benzene rings is 1. The third-order valence-electron chi connectivity index (χ3n) is 4.16. The summed E-state index contributed by atoms with van der Waals surface area (Å²) in [5.74, 6) is 0.708. The summed E-state index contributed by atoms with van der Waals surface area (Å²) in [7, 11) is 1.53. The SMILES string of the molecule is COc1nccnc1OC1CCCN(C(=O)Nc2ccccc2C)C1. The molecule has 1 unspecified atom stereocenters. The number of hydrogen-bond acceptors (Lipinski definition) is 5. The molecule has 25 heavy (non-hydrogen) atoms. The molecule has 1 aliphatic rings. The Morgan fingerprint density at radius 1 is 1.24 bits per heavy atom. The number of carbonyl (C=O) groups excluding carboxylic acids is 1. The zero-order valence-electron chi connectivity index (χ0n) is 14.4. The van der Waals surface area contributed by atoms with Crippen LogP contribution in [-0.2, 0) is 0 Å². The smallest absolute Gasteiger partial charge is 0.321 e. The summed E-state index contributed by atoms with van der Waals surface area (Å²) in [6.07, 6.45) is 4.70. The minimum Gasteiger partial charge on any atom is -0.477 e. The van der Waals surface area contributed by atoms with Gasteiger partial charge in [-0.25, -0.2) is 14.8 Å². The lowest BCUT2D eigenvalue weighted by Crippen LogP contribution is -2.46. The van der Waals surface area contributed by atoms with Gasteiger partial charge in [-0.15, -0.1) is 0 Å². The van der Waals surface area contributed by atoms with Crippen molar-refractivity contribution in [3.05, 3.63) is 42.2 Å². The van der Waals surface area contributed by atoms with E-state index in [-0.39, 0.29) is 12.1 Å². The quantitative estimate of drug-likeness (QED) is 0.924. The fraction of sp³-hybridized carbons (Fsp3) is 0.389. The van der Waals surface area contributed by atoms with Gasteiger partial charge in [-0.2, -0.15) is 0 Å². The van der Waals surface area contributed by atoms with Crippen molar-refractivity contribution in [1.29, 1.82) is 0 Å². The number of anilines is 1. The molecule has 1 aliphatic heterocycles. The van der Waals surface area contributed by atoms with Crippen molar-refractivity contribution in [3.8, 4) is 11.8 Å². The fourth-order valence-corrected chi connectivity index (χ4v) is 2.82. The molecular formula is C18H22N4O3. The lowest BCUT2D eigenvalue weighted by molar-refractivity contribution is 0.0988. The number of aryl methyl sites for hydroxylation is 1. The second-order valence-electron chi connectivity index (χ2n) is 5.94. The van der Waals surface area contributed by atoms with Gasteiger partial charge in [-0.05, 0) is 31.4 Å². The Balaban J connectivity index is 1.63. The van der Waals surface area contributed by atoms with Crippen molar-refractivity contribution in [2.45, 2.75) is 25.9 Å². The van der Waals surface area contributed by atoms with Gasteiger partial charge in [0.2, 0.25) is 0 Å². The van der Waals surface area contributed by atoms with Gasteiger partial charge in [0.05, 0.1) is 13.7 Å². The molecule has 0 spiro atoms. The van der Waals surface area contributed by atoms with Crippen molar-refractivity contribution in [3.63, 3.8) is 0 Å². The molecule has 3 rings (SSSR count). The van der Waals surface area contributed by atoms with Crippen LogP contribution in [0.15, 0.2) is 36.7 Å².